The van der Waals surface area contributed by atoms with Crippen molar-refractivity contribution in [2.75, 3.05) is 26.9 Å². The minimum Gasteiger partial charge on any atom is -0.469 e. The first-order chi connectivity index (χ1) is 34.2. The van der Waals surface area contributed by atoms with Crippen molar-refractivity contribution in [3.8, 4) is 0 Å². The van der Waals surface area contributed by atoms with Crippen molar-refractivity contribution in [2.45, 2.75) is 134 Å². The lowest BCUT2D eigenvalue weighted by molar-refractivity contribution is -0.345. The Balaban J connectivity index is 1.29. The van der Waals surface area contributed by atoms with Crippen LogP contribution >= 0.6 is 0 Å². The Hall–Kier alpha value is -6.42. The van der Waals surface area contributed by atoms with E-state index in [0.29, 0.717) is 24.8 Å². The van der Waals surface area contributed by atoms with Crippen LogP contribution in [-0.2, 0) is 68.4 Å². The van der Waals surface area contributed by atoms with Crippen LogP contribution in [0.2, 0.25) is 0 Å². The first-order valence-corrected chi connectivity index (χ1v) is 23.6. The number of fused-ring (bicyclic) bond motifs is 2. The highest BCUT2D eigenvalue weighted by Crippen LogP contribution is 2.40. The zero-order valence-electron chi connectivity index (χ0n) is 39.8. The molecule has 3 aromatic carbocycles. The minimum atomic E-state index is -1.90. The summed E-state index contributed by atoms with van der Waals surface area (Å²) in [7, 11) is 1.35. The maximum atomic E-state index is 14.5. The molecule has 380 valence electrons. The van der Waals surface area contributed by atoms with E-state index in [1.54, 1.807) is 54.6 Å². The largest absolute Gasteiger partial charge is 0.469 e. The van der Waals surface area contributed by atoms with E-state index in [1.165, 1.54) is 31.4 Å². The van der Waals surface area contributed by atoms with Crippen molar-refractivity contribution in [1.29, 1.82) is 0 Å². The molecule has 10 unspecified atom stereocenters. The molecule has 0 radical (unpaired) electrons. The number of hydrogen-bond donors (Lipinski definition) is 1. The number of carbonyl (C=O) groups excluding carboxylic acids is 8. The van der Waals surface area contributed by atoms with Gasteiger partial charge in [0.05, 0.1) is 42.6 Å². The quantitative estimate of drug-likeness (QED) is 0.0645. The topological polar surface area (TPSA) is 246 Å². The molecule has 20 nitrogen and oxygen atoms in total. The van der Waals surface area contributed by atoms with Gasteiger partial charge < -0.3 is 47.7 Å². The number of imide groups is 2. The van der Waals surface area contributed by atoms with E-state index in [9.17, 15) is 43.5 Å². The number of aliphatic hydroxyl groups excluding tert-OH is 1. The van der Waals surface area contributed by atoms with Crippen LogP contribution in [0.25, 0.3) is 0 Å². The van der Waals surface area contributed by atoms with E-state index in [1.807, 2.05) is 0 Å². The summed E-state index contributed by atoms with van der Waals surface area (Å²) in [5.74, 6) is -5.94. The summed E-state index contributed by atoms with van der Waals surface area (Å²) < 4.78 is 54.6. The van der Waals surface area contributed by atoms with Gasteiger partial charge in [-0.1, -0.05) is 80.3 Å². The predicted octanol–water partition coefficient (Wildman–Crippen LogP) is 4.08. The van der Waals surface area contributed by atoms with Gasteiger partial charge in [0.15, 0.2) is 24.8 Å². The van der Waals surface area contributed by atoms with Crippen LogP contribution in [0.1, 0.15) is 113 Å². The van der Waals surface area contributed by atoms with Crippen LogP contribution in [0.15, 0.2) is 78.9 Å². The molecule has 4 aliphatic rings. The molecule has 4 aliphatic heterocycles. The van der Waals surface area contributed by atoms with Gasteiger partial charge in [0.25, 0.3) is 23.6 Å². The third-order valence-corrected chi connectivity index (χ3v) is 12.6. The first-order valence-electron chi connectivity index (χ1n) is 23.6. The number of methoxy groups -OCH3 is 1. The van der Waals surface area contributed by atoms with Gasteiger partial charge in [-0.25, -0.2) is 0 Å². The Morgan fingerprint density at radius 3 is 1.58 bits per heavy atom. The summed E-state index contributed by atoms with van der Waals surface area (Å²) in [4.78, 5) is 109. The molecular formula is C51H58N2O18. The number of esters is 4. The lowest BCUT2D eigenvalue weighted by Crippen LogP contribution is -2.71. The van der Waals surface area contributed by atoms with E-state index >= 15 is 0 Å². The number of aliphatic hydroxyl groups is 1. The number of rotatable bonds is 22. The van der Waals surface area contributed by atoms with Crippen molar-refractivity contribution in [3.05, 3.63) is 107 Å². The van der Waals surface area contributed by atoms with Gasteiger partial charge in [0, 0.05) is 33.8 Å². The number of nitrogens with zero attached hydrogens (tertiary/aromatic N) is 2. The molecule has 0 saturated carbocycles. The molecule has 3 aromatic rings. The van der Waals surface area contributed by atoms with Gasteiger partial charge in [-0.2, -0.15) is 0 Å². The van der Waals surface area contributed by atoms with Gasteiger partial charge in [-0.15, -0.1) is 0 Å². The highest BCUT2D eigenvalue weighted by molar-refractivity contribution is 6.22. The van der Waals surface area contributed by atoms with Gasteiger partial charge in [-0.3, -0.25) is 48.2 Å². The Bertz CT molecular complexity index is 2360. The fraction of sp³-hybridized carbons (Fsp3) is 0.490. The highest BCUT2D eigenvalue weighted by Gasteiger charge is 2.61. The molecule has 71 heavy (non-hydrogen) atoms. The summed E-state index contributed by atoms with van der Waals surface area (Å²) in [6, 6.07) is 17.9. The maximum Gasteiger partial charge on any atom is 0.305 e. The van der Waals surface area contributed by atoms with Crippen molar-refractivity contribution in [1.82, 2.24) is 9.80 Å². The fourth-order valence-electron chi connectivity index (χ4n) is 9.33. The van der Waals surface area contributed by atoms with Gasteiger partial charge >= 0.3 is 23.9 Å². The Morgan fingerprint density at radius 1 is 0.563 bits per heavy atom. The lowest BCUT2D eigenvalue weighted by Gasteiger charge is -2.51. The highest BCUT2D eigenvalue weighted by atomic mass is 16.7. The van der Waals surface area contributed by atoms with Crippen LogP contribution in [0.4, 0.5) is 0 Å². The number of unbranched alkanes of at least 4 members (excludes halogenated alkanes) is 5. The number of carbonyl (C=O) groups is 8. The van der Waals surface area contributed by atoms with E-state index < -0.39 is 116 Å². The van der Waals surface area contributed by atoms with Gasteiger partial charge in [0.2, 0.25) is 0 Å². The molecule has 1 N–H and O–H groups in total. The van der Waals surface area contributed by atoms with Gasteiger partial charge in [0.1, 0.15) is 43.1 Å². The normalized spacial score (nSPS) is 25.9. The van der Waals surface area contributed by atoms with Crippen LogP contribution in [0, 0.1) is 0 Å². The van der Waals surface area contributed by atoms with Crippen LogP contribution in [-0.4, -0.2) is 151 Å². The summed E-state index contributed by atoms with van der Waals surface area (Å²) in [5, 5.41) is 11.2. The van der Waals surface area contributed by atoms with Crippen molar-refractivity contribution < 1.29 is 86.1 Å². The monoisotopic (exact) mass is 986 g/mol. The minimum absolute atomic E-state index is 0.00792. The molecule has 2 saturated heterocycles. The standard InChI is InChI=1S/C51H58N2O18/c1-29(55)65-28-38-43(67-30(2)56)45(68-31(3)57)41(53-48(61)35-22-15-16-23-36(35)49(53)62)51(70-38)71-42-37(26-54)69-50(64-25-17-8-6-5-7-12-24-39(58)63-4)40(44(42)66-27-32-18-10-9-11-19-32)52-46(59)33-20-13-14-21-34(33)47(52)60/h9-11,13-16,18-23,37-38,40-45,50-51,54H,5-8,12,17,24-28H2,1-4H3. The Morgan fingerprint density at radius 2 is 1.06 bits per heavy atom. The lowest BCUT2D eigenvalue weighted by atomic mass is 9.92. The predicted molar refractivity (Wildman–Crippen MR) is 244 cm³/mol. The Kier molecular flexibility index (Phi) is 17.8. The number of hydrogen-bond acceptors (Lipinski definition) is 18. The van der Waals surface area contributed by atoms with Gasteiger partial charge in [-0.05, 0) is 42.7 Å². The third kappa shape index (κ3) is 12.0. The average molecular weight is 987 g/mol. The Labute approximate surface area is 409 Å². The van der Waals surface area contributed by atoms with Crippen LogP contribution in [0.5, 0.6) is 0 Å². The average Bonchev–Trinajstić information content (AvgIpc) is 3.76. The van der Waals surface area contributed by atoms with Crippen LogP contribution in [0.3, 0.4) is 0 Å². The van der Waals surface area contributed by atoms with Crippen molar-refractivity contribution in [2.24, 2.45) is 0 Å². The van der Waals surface area contributed by atoms with Crippen molar-refractivity contribution >= 4 is 47.5 Å². The second-order valence-electron chi connectivity index (χ2n) is 17.4. The molecule has 4 heterocycles. The maximum absolute atomic E-state index is 14.5. The molecule has 20 heteroatoms. The molecular weight excluding hydrogens is 929 g/mol. The smallest absolute Gasteiger partial charge is 0.305 e. The third-order valence-electron chi connectivity index (χ3n) is 12.6. The molecule has 0 spiro atoms. The van der Waals surface area contributed by atoms with E-state index in [2.05, 4.69) is 0 Å². The SMILES string of the molecule is COC(=O)CCCCCCCCOC1OC(CO)C(OC2OC(COC(C)=O)C(OC(C)=O)C(OC(C)=O)C2N2C(=O)c3ccccc3C2=O)C(OCc2ccccc2)C1N1C(=O)c2ccccc2C1=O. The van der Waals surface area contributed by atoms with E-state index in [4.69, 9.17) is 42.6 Å². The molecule has 0 bridgehead atoms. The van der Waals surface area contributed by atoms with E-state index in [0.717, 1.165) is 56.3 Å². The summed E-state index contributed by atoms with van der Waals surface area (Å²) in [6.45, 7) is 1.77. The summed E-state index contributed by atoms with van der Waals surface area (Å²) in [5.41, 5.74) is 0.837. The summed E-state index contributed by atoms with van der Waals surface area (Å²) >= 11 is 0. The number of amides is 4. The molecule has 0 aliphatic carbocycles. The fourth-order valence-corrected chi connectivity index (χ4v) is 9.33. The second-order valence-corrected chi connectivity index (χ2v) is 17.4. The van der Waals surface area contributed by atoms with Crippen molar-refractivity contribution in [3.63, 3.8) is 0 Å². The molecule has 2 fully saturated rings. The number of ether oxygens (including phenoxy) is 9. The summed E-state index contributed by atoms with van der Waals surface area (Å²) in [6.07, 6.45) is -7.89. The number of benzene rings is 3. The first kappa shape index (κ1) is 52.4. The molecule has 0 aromatic heterocycles. The zero-order chi connectivity index (χ0) is 50.8. The van der Waals surface area contributed by atoms with Crippen LogP contribution < -0.4 is 0 Å². The van der Waals surface area contributed by atoms with E-state index in [-0.39, 0.29) is 41.4 Å². The molecule has 4 amide bonds. The molecule has 7 rings (SSSR count). The second kappa shape index (κ2) is 24.1. The molecule has 10 atom stereocenters. The zero-order valence-corrected chi connectivity index (χ0v) is 39.8.